The van der Waals surface area contributed by atoms with Crippen molar-refractivity contribution in [2.45, 2.75) is 12.7 Å². The third-order valence-corrected chi connectivity index (χ3v) is 3.10. The number of pyridine rings is 1. The van der Waals surface area contributed by atoms with Crippen LogP contribution in [-0.4, -0.2) is 35.6 Å². The number of alkyl halides is 3. The molecule has 0 aliphatic rings. The number of anilines is 1. The molecule has 0 aliphatic carbocycles. The lowest BCUT2D eigenvalue weighted by atomic mass is 10.3. The first-order valence-corrected chi connectivity index (χ1v) is 6.54. The normalized spacial score (nSPS) is 11.6. The minimum atomic E-state index is -4.47. The third kappa shape index (κ3) is 3.09. The number of halogens is 3. The van der Waals surface area contributed by atoms with E-state index >= 15 is 0 Å². The van der Waals surface area contributed by atoms with Gasteiger partial charge in [-0.2, -0.15) is 13.2 Å². The molecule has 0 fully saturated rings. The van der Waals surface area contributed by atoms with Gasteiger partial charge in [0.25, 0.3) is 0 Å². The van der Waals surface area contributed by atoms with Crippen LogP contribution in [0.15, 0.2) is 30.7 Å². The van der Waals surface area contributed by atoms with Crippen LogP contribution in [0.5, 0.6) is 0 Å². The maximum atomic E-state index is 12.8. The Hall–Kier alpha value is -3.24. The van der Waals surface area contributed by atoms with Gasteiger partial charge in [-0.1, -0.05) is 0 Å². The minimum Gasteiger partial charge on any atom is -0.476 e. The fourth-order valence-corrected chi connectivity index (χ4v) is 1.93. The number of hydrogen-bond acceptors (Lipinski definition) is 6. The molecule has 0 aromatic carbocycles. The van der Waals surface area contributed by atoms with Gasteiger partial charge in [-0.05, 0) is 12.1 Å². The smallest absolute Gasteiger partial charge is 0.417 e. The zero-order valence-corrected chi connectivity index (χ0v) is 11.8. The highest BCUT2D eigenvalue weighted by Gasteiger charge is 2.31. The van der Waals surface area contributed by atoms with Gasteiger partial charge in [0, 0.05) is 6.20 Å². The summed E-state index contributed by atoms with van der Waals surface area (Å²) in [6.07, 6.45) is -1.30. The summed E-state index contributed by atoms with van der Waals surface area (Å²) in [4.78, 5) is 18.2. The molecule has 3 heterocycles. The quantitative estimate of drug-likeness (QED) is 0.748. The van der Waals surface area contributed by atoms with Crippen molar-refractivity contribution in [3.63, 3.8) is 0 Å². The number of fused-ring (bicyclic) bond motifs is 1. The molecule has 2 N–H and O–H groups in total. The largest absolute Gasteiger partial charge is 0.476 e. The van der Waals surface area contributed by atoms with Gasteiger partial charge in [0.05, 0.1) is 24.5 Å². The van der Waals surface area contributed by atoms with Gasteiger partial charge in [0.2, 0.25) is 0 Å². The predicted octanol–water partition coefficient (Wildman–Crippen LogP) is 1.85. The molecule has 8 nitrogen and oxygen atoms in total. The first kappa shape index (κ1) is 15.6. The molecule has 0 saturated carbocycles. The van der Waals surface area contributed by atoms with Crippen molar-refractivity contribution >= 4 is 17.4 Å². The number of carboxylic acids is 1. The Morgan fingerprint density at radius 2 is 2.00 bits per heavy atom. The number of aromatic nitrogens is 5. The SMILES string of the molecule is O=C(O)c1cnc(NCc2nnc3ccc(C(F)(F)F)cn23)cn1. The number of carboxylic acid groups (broad SMARTS) is 1. The van der Waals surface area contributed by atoms with Crippen molar-refractivity contribution < 1.29 is 23.1 Å². The monoisotopic (exact) mass is 338 g/mol. The summed E-state index contributed by atoms with van der Waals surface area (Å²) in [6.45, 7) is 0.0313. The lowest BCUT2D eigenvalue weighted by Gasteiger charge is -2.08. The summed E-state index contributed by atoms with van der Waals surface area (Å²) in [6, 6.07) is 2.15. The molecule has 0 aliphatic heterocycles. The molecule has 11 heteroatoms. The van der Waals surface area contributed by atoms with Crippen molar-refractivity contribution in [3.8, 4) is 0 Å². The highest BCUT2D eigenvalue weighted by Crippen LogP contribution is 2.29. The van der Waals surface area contributed by atoms with Crippen molar-refractivity contribution in [1.29, 1.82) is 0 Å². The van der Waals surface area contributed by atoms with Crippen molar-refractivity contribution in [2.75, 3.05) is 5.32 Å². The zero-order valence-electron chi connectivity index (χ0n) is 11.8. The summed E-state index contributed by atoms with van der Waals surface area (Å²) >= 11 is 0. The van der Waals surface area contributed by atoms with E-state index in [0.29, 0.717) is 0 Å². The number of hydrogen-bond donors (Lipinski definition) is 2. The van der Waals surface area contributed by atoms with Gasteiger partial charge >= 0.3 is 12.1 Å². The highest BCUT2D eigenvalue weighted by atomic mass is 19.4. The van der Waals surface area contributed by atoms with E-state index in [4.69, 9.17) is 5.11 Å². The average Bonchev–Trinajstić information content (AvgIpc) is 2.95. The van der Waals surface area contributed by atoms with Crippen LogP contribution in [0.1, 0.15) is 21.9 Å². The van der Waals surface area contributed by atoms with E-state index in [0.717, 1.165) is 18.5 Å². The van der Waals surface area contributed by atoms with Crippen LogP contribution in [0.4, 0.5) is 19.0 Å². The number of carbonyl (C=O) groups is 1. The lowest BCUT2D eigenvalue weighted by Crippen LogP contribution is -2.10. The Balaban J connectivity index is 1.81. The van der Waals surface area contributed by atoms with Gasteiger partial charge in [0.1, 0.15) is 5.82 Å². The van der Waals surface area contributed by atoms with Crippen LogP contribution in [0.25, 0.3) is 5.65 Å². The predicted molar refractivity (Wildman–Crippen MR) is 74.3 cm³/mol. The van der Waals surface area contributed by atoms with Gasteiger partial charge in [0.15, 0.2) is 17.2 Å². The second-order valence-electron chi connectivity index (χ2n) is 4.71. The molecule has 3 aromatic heterocycles. The fourth-order valence-electron chi connectivity index (χ4n) is 1.93. The first-order chi connectivity index (χ1) is 11.3. The second-order valence-corrected chi connectivity index (χ2v) is 4.71. The fraction of sp³-hybridized carbons (Fsp3) is 0.154. The van der Waals surface area contributed by atoms with Gasteiger partial charge in [-0.25, -0.2) is 14.8 Å². The van der Waals surface area contributed by atoms with Crippen molar-refractivity contribution in [3.05, 3.63) is 47.8 Å². The molecule has 0 spiro atoms. The number of nitrogens with one attached hydrogen (secondary N) is 1. The van der Waals surface area contributed by atoms with E-state index in [-0.39, 0.29) is 29.5 Å². The molecule has 0 unspecified atom stereocenters. The zero-order chi connectivity index (χ0) is 17.3. The molecule has 24 heavy (non-hydrogen) atoms. The third-order valence-electron chi connectivity index (χ3n) is 3.10. The standard InChI is InChI=1S/C13H9F3N6O2/c14-13(15,16)7-1-2-10-20-21-11(22(10)6-7)5-19-9-4-17-8(3-18-9)12(23)24/h1-4,6H,5H2,(H,18,19)(H,23,24). The topological polar surface area (TPSA) is 105 Å². The Bertz CT molecular complexity index is 891. The molecular formula is C13H9F3N6O2. The molecule has 0 amide bonds. The van der Waals surface area contributed by atoms with Crippen molar-refractivity contribution in [2.24, 2.45) is 0 Å². The van der Waals surface area contributed by atoms with Crippen LogP contribution in [0, 0.1) is 0 Å². The molecule has 3 aromatic rings. The molecule has 0 atom stereocenters. The molecule has 0 saturated heterocycles. The maximum absolute atomic E-state index is 12.8. The summed E-state index contributed by atoms with van der Waals surface area (Å²) in [7, 11) is 0. The molecule has 3 rings (SSSR count). The molecule has 124 valence electrons. The van der Waals surface area contributed by atoms with Crippen LogP contribution in [0.3, 0.4) is 0 Å². The van der Waals surface area contributed by atoms with E-state index in [1.54, 1.807) is 0 Å². The van der Waals surface area contributed by atoms with E-state index in [2.05, 4.69) is 25.5 Å². The number of nitrogens with zero attached hydrogens (tertiary/aromatic N) is 5. The van der Waals surface area contributed by atoms with E-state index < -0.39 is 17.7 Å². The van der Waals surface area contributed by atoms with Gasteiger partial charge in [-0.15, -0.1) is 10.2 Å². The van der Waals surface area contributed by atoms with Crippen LogP contribution < -0.4 is 5.32 Å². The van der Waals surface area contributed by atoms with E-state index in [1.807, 2.05) is 0 Å². The summed E-state index contributed by atoms with van der Waals surface area (Å²) in [5.74, 6) is -0.721. The van der Waals surface area contributed by atoms with Crippen LogP contribution >= 0.6 is 0 Å². The molecular weight excluding hydrogens is 329 g/mol. The van der Waals surface area contributed by atoms with Crippen LogP contribution in [0.2, 0.25) is 0 Å². The minimum absolute atomic E-state index is 0.0313. The molecule has 0 bridgehead atoms. The summed E-state index contributed by atoms with van der Waals surface area (Å²) < 4.78 is 39.5. The Morgan fingerprint density at radius 1 is 1.21 bits per heavy atom. The Labute approximate surface area is 132 Å². The van der Waals surface area contributed by atoms with Gasteiger partial charge < -0.3 is 10.4 Å². The average molecular weight is 338 g/mol. The van der Waals surface area contributed by atoms with Crippen molar-refractivity contribution in [1.82, 2.24) is 24.6 Å². The van der Waals surface area contributed by atoms with E-state index in [1.165, 1.54) is 16.7 Å². The van der Waals surface area contributed by atoms with Crippen LogP contribution in [-0.2, 0) is 12.7 Å². The lowest BCUT2D eigenvalue weighted by molar-refractivity contribution is -0.137. The molecule has 0 radical (unpaired) electrons. The van der Waals surface area contributed by atoms with Gasteiger partial charge in [-0.3, -0.25) is 4.40 Å². The number of rotatable bonds is 4. The summed E-state index contributed by atoms with van der Waals surface area (Å²) in [5.41, 5.74) is -0.767. The Kier molecular flexibility index (Phi) is 3.75. The van der Waals surface area contributed by atoms with E-state index in [9.17, 15) is 18.0 Å². The Morgan fingerprint density at radius 3 is 2.62 bits per heavy atom. The summed E-state index contributed by atoms with van der Waals surface area (Å²) in [5, 5.41) is 19.1. The maximum Gasteiger partial charge on any atom is 0.417 e. The first-order valence-electron chi connectivity index (χ1n) is 6.54. The second kappa shape index (κ2) is 5.76. The number of aromatic carboxylic acids is 1. The highest BCUT2D eigenvalue weighted by molar-refractivity contribution is 5.84.